The highest BCUT2D eigenvalue weighted by molar-refractivity contribution is 6.00. The number of hydrogen-bond donors (Lipinski definition) is 4. The zero-order valence-corrected chi connectivity index (χ0v) is 19.1. The Morgan fingerprint density at radius 3 is 2.80 bits per heavy atom. The number of rotatable bonds is 5. The van der Waals surface area contributed by atoms with Crippen LogP contribution in [0.2, 0.25) is 0 Å². The summed E-state index contributed by atoms with van der Waals surface area (Å²) in [5.74, 6) is 0.691. The molecule has 8 heteroatoms. The molecule has 0 bridgehead atoms. The summed E-state index contributed by atoms with van der Waals surface area (Å²) in [6.07, 6.45) is 7.96. The minimum Gasteiger partial charge on any atom is -0.367 e. The molecule has 5 heterocycles. The number of benzene rings is 1. The maximum Gasteiger partial charge on any atom is 0.225 e. The summed E-state index contributed by atoms with van der Waals surface area (Å²) in [5, 5.41) is 15.7. The first-order valence-electron chi connectivity index (χ1n) is 11.5. The summed E-state index contributed by atoms with van der Waals surface area (Å²) in [5.41, 5.74) is 7.58. The number of hydrogen-bond acceptors (Lipinski definition) is 5. The lowest BCUT2D eigenvalue weighted by Gasteiger charge is -2.18. The van der Waals surface area contributed by atoms with Crippen LogP contribution in [0.25, 0.3) is 50.2 Å². The van der Waals surface area contributed by atoms with Crippen molar-refractivity contribution in [1.29, 1.82) is 0 Å². The minimum atomic E-state index is -0.0173. The highest BCUT2D eigenvalue weighted by Gasteiger charge is 2.16. The van der Waals surface area contributed by atoms with Gasteiger partial charge in [-0.05, 0) is 47.5 Å². The number of pyridine rings is 2. The fourth-order valence-corrected chi connectivity index (χ4v) is 4.33. The van der Waals surface area contributed by atoms with Crippen molar-refractivity contribution in [2.75, 3.05) is 6.54 Å². The van der Waals surface area contributed by atoms with Gasteiger partial charge in [-0.25, -0.2) is 4.98 Å². The van der Waals surface area contributed by atoms with Crippen molar-refractivity contribution in [1.82, 2.24) is 35.8 Å². The van der Waals surface area contributed by atoms with E-state index in [1.54, 1.807) is 0 Å². The molecule has 35 heavy (non-hydrogen) atoms. The smallest absolute Gasteiger partial charge is 0.225 e. The molecule has 8 nitrogen and oxygen atoms in total. The average molecular weight is 462 g/mol. The van der Waals surface area contributed by atoms with E-state index in [0.717, 1.165) is 50.1 Å². The third kappa shape index (κ3) is 3.85. The molecular formula is C27H23N7O. The second-order valence-corrected chi connectivity index (χ2v) is 8.39. The van der Waals surface area contributed by atoms with Gasteiger partial charge in [0.15, 0.2) is 5.65 Å². The molecule has 0 fully saturated rings. The van der Waals surface area contributed by atoms with Gasteiger partial charge in [0, 0.05) is 47.2 Å². The van der Waals surface area contributed by atoms with Crippen molar-refractivity contribution in [3.05, 3.63) is 84.5 Å². The second kappa shape index (κ2) is 8.57. The second-order valence-electron chi connectivity index (χ2n) is 8.39. The Labute approximate surface area is 201 Å². The van der Waals surface area contributed by atoms with E-state index in [2.05, 4.69) is 60.0 Å². The van der Waals surface area contributed by atoms with Crippen LogP contribution in [0.3, 0.4) is 0 Å². The van der Waals surface area contributed by atoms with E-state index in [9.17, 15) is 4.79 Å². The van der Waals surface area contributed by atoms with Crippen LogP contribution in [-0.4, -0.2) is 37.6 Å². The molecule has 0 saturated carbocycles. The number of allylic oxidation sites excluding steroid dienone is 2. The lowest BCUT2D eigenvalue weighted by atomic mass is 10.0. The number of fused-ring (bicyclic) bond motifs is 2. The van der Waals surface area contributed by atoms with Crippen molar-refractivity contribution < 1.29 is 4.79 Å². The monoisotopic (exact) mass is 461 g/mol. The fraction of sp³-hybridized carbons (Fsp3) is 0.111. The Morgan fingerprint density at radius 2 is 2.00 bits per heavy atom. The van der Waals surface area contributed by atoms with Crippen LogP contribution in [0.15, 0.2) is 78.9 Å². The van der Waals surface area contributed by atoms with E-state index < -0.39 is 0 Å². The van der Waals surface area contributed by atoms with Gasteiger partial charge >= 0.3 is 0 Å². The van der Waals surface area contributed by atoms with Gasteiger partial charge in [-0.1, -0.05) is 31.2 Å². The summed E-state index contributed by atoms with van der Waals surface area (Å²) < 4.78 is 0. The number of aromatic nitrogens is 5. The quantitative estimate of drug-likeness (QED) is 0.307. The molecule has 4 aromatic heterocycles. The van der Waals surface area contributed by atoms with E-state index in [1.807, 2.05) is 55.7 Å². The van der Waals surface area contributed by atoms with Gasteiger partial charge in [-0.2, -0.15) is 5.10 Å². The first-order chi connectivity index (χ1) is 17.2. The summed E-state index contributed by atoms with van der Waals surface area (Å²) in [4.78, 5) is 24.3. The predicted molar refractivity (Wildman–Crippen MR) is 137 cm³/mol. The Hall–Kier alpha value is -4.72. The number of dihydropyridines is 1. The van der Waals surface area contributed by atoms with Crippen molar-refractivity contribution in [3.63, 3.8) is 0 Å². The van der Waals surface area contributed by atoms with Gasteiger partial charge < -0.3 is 15.6 Å². The molecule has 0 radical (unpaired) electrons. The van der Waals surface area contributed by atoms with Gasteiger partial charge in [0.25, 0.3) is 0 Å². The van der Waals surface area contributed by atoms with Crippen molar-refractivity contribution in [2.45, 2.75) is 13.3 Å². The van der Waals surface area contributed by atoms with Gasteiger partial charge in [0.05, 0.1) is 17.1 Å². The Morgan fingerprint density at radius 1 is 1.06 bits per heavy atom. The van der Waals surface area contributed by atoms with Crippen LogP contribution in [0, 0.1) is 0 Å². The molecule has 0 spiro atoms. The van der Waals surface area contributed by atoms with Crippen LogP contribution < -0.4 is 10.6 Å². The molecule has 5 aromatic rings. The third-order valence-electron chi connectivity index (χ3n) is 6.17. The Balaban J connectivity index is 1.38. The predicted octanol–water partition coefficient (Wildman–Crippen LogP) is 4.52. The van der Waals surface area contributed by atoms with E-state index in [4.69, 9.17) is 0 Å². The Kier molecular flexibility index (Phi) is 5.11. The van der Waals surface area contributed by atoms with Crippen LogP contribution in [0.4, 0.5) is 0 Å². The summed E-state index contributed by atoms with van der Waals surface area (Å²) in [7, 11) is 0. The SMILES string of the molecule is CCC(=O)NC1=CC=C(c2cnc3n[nH]c(-c4cc5c(-c6ccccn6)cccc5[nH]4)c3c2)CN1. The lowest BCUT2D eigenvalue weighted by molar-refractivity contribution is -0.120. The first-order valence-corrected chi connectivity index (χ1v) is 11.5. The number of carbonyl (C=O) groups excluding carboxylic acids is 1. The zero-order valence-electron chi connectivity index (χ0n) is 19.1. The summed E-state index contributed by atoms with van der Waals surface area (Å²) in [6, 6.07) is 16.3. The fourth-order valence-electron chi connectivity index (χ4n) is 4.33. The molecule has 1 aliphatic heterocycles. The normalized spacial score (nSPS) is 13.4. The molecule has 0 aliphatic carbocycles. The molecule has 4 N–H and O–H groups in total. The Bertz CT molecular complexity index is 1630. The van der Waals surface area contributed by atoms with E-state index in [1.165, 1.54) is 0 Å². The molecule has 1 aliphatic rings. The maximum atomic E-state index is 11.6. The van der Waals surface area contributed by atoms with Gasteiger partial charge in [0.2, 0.25) is 5.91 Å². The average Bonchev–Trinajstić information content (AvgIpc) is 3.53. The number of H-pyrrole nitrogens is 2. The third-order valence-corrected chi connectivity index (χ3v) is 6.17. The standard InChI is InChI=1S/C27H23N7O/c1-2-25(35)32-24-10-9-16(14-29-24)17-12-20-26(33-34-27(20)30-15-17)23-13-19-18(6-5-8-22(19)31-23)21-7-3-4-11-28-21/h3-13,15,29,31H,2,14H2,1H3,(H,32,35)(H,30,33,34). The van der Waals surface area contributed by atoms with Crippen molar-refractivity contribution in [2.24, 2.45) is 0 Å². The molecular weight excluding hydrogens is 438 g/mol. The number of nitrogens with one attached hydrogen (secondary N) is 4. The minimum absolute atomic E-state index is 0.0173. The topological polar surface area (TPSA) is 111 Å². The number of aromatic amines is 2. The van der Waals surface area contributed by atoms with Crippen molar-refractivity contribution in [3.8, 4) is 22.6 Å². The van der Waals surface area contributed by atoms with Gasteiger partial charge in [0.1, 0.15) is 5.82 Å². The van der Waals surface area contributed by atoms with Crippen LogP contribution in [0.5, 0.6) is 0 Å². The molecule has 0 unspecified atom stereocenters. The van der Waals surface area contributed by atoms with Gasteiger partial charge in [-0.15, -0.1) is 0 Å². The molecule has 0 saturated heterocycles. The summed E-state index contributed by atoms with van der Waals surface area (Å²) in [6.45, 7) is 2.42. The van der Waals surface area contributed by atoms with E-state index >= 15 is 0 Å². The van der Waals surface area contributed by atoms with E-state index in [-0.39, 0.29) is 5.91 Å². The highest BCUT2D eigenvalue weighted by Crippen LogP contribution is 2.33. The van der Waals surface area contributed by atoms with Crippen LogP contribution >= 0.6 is 0 Å². The lowest BCUT2D eigenvalue weighted by Crippen LogP contribution is -2.33. The van der Waals surface area contributed by atoms with E-state index in [0.29, 0.717) is 24.4 Å². The van der Waals surface area contributed by atoms with Gasteiger partial charge in [-0.3, -0.25) is 14.9 Å². The number of carbonyl (C=O) groups is 1. The number of nitrogens with zero attached hydrogens (tertiary/aromatic N) is 3. The molecule has 172 valence electrons. The molecule has 0 atom stereocenters. The van der Waals surface area contributed by atoms with Crippen LogP contribution in [-0.2, 0) is 4.79 Å². The molecule has 1 aromatic carbocycles. The maximum absolute atomic E-state index is 11.6. The molecule has 6 rings (SSSR count). The van der Waals surface area contributed by atoms with Crippen molar-refractivity contribution >= 4 is 33.4 Å². The zero-order chi connectivity index (χ0) is 23.8. The molecule has 1 amide bonds. The highest BCUT2D eigenvalue weighted by atomic mass is 16.1. The van der Waals surface area contributed by atoms with Crippen LogP contribution in [0.1, 0.15) is 18.9 Å². The number of amides is 1. The largest absolute Gasteiger partial charge is 0.367 e. The summed E-state index contributed by atoms with van der Waals surface area (Å²) >= 11 is 0. The first kappa shape index (κ1) is 20.9.